The van der Waals surface area contributed by atoms with Crippen LogP contribution in [0.3, 0.4) is 0 Å². The van der Waals surface area contributed by atoms with E-state index in [1.807, 2.05) is 13.8 Å². The van der Waals surface area contributed by atoms with E-state index in [9.17, 15) is 9.59 Å². The van der Waals surface area contributed by atoms with Gasteiger partial charge < -0.3 is 5.32 Å². The molecule has 0 bridgehead atoms. The maximum absolute atomic E-state index is 11.9. The minimum absolute atomic E-state index is 0.106. The molecule has 0 spiro atoms. The van der Waals surface area contributed by atoms with E-state index in [1.165, 1.54) is 6.20 Å². The second-order valence-corrected chi connectivity index (χ2v) is 6.68. The van der Waals surface area contributed by atoms with E-state index >= 15 is 0 Å². The van der Waals surface area contributed by atoms with Crippen molar-refractivity contribution in [1.29, 1.82) is 0 Å². The molecule has 0 aliphatic heterocycles. The molecule has 0 aromatic heterocycles. The Kier molecular flexibility index (Phi) is 6.03. The number of nitrogens with one attached hydrogen (secondary N) is 1. The van der Waals surface area contributed by atoms with Crippen molar-refractivity contribution in [2.24, 2.45) is 5.41 Å². The summed E-state index contributed by atoms with van der Waals surface area (Å²) in [5, 5.41) is 4.00. The highest BCUT2D eigenvalue weighted by Crippen LogP contribution is 2.33. The summed E-state index contributed by atoms with van der Waals surface area (Å²) in [5.74, 6) is -0.212. The summed E-state index contributed by atoms with van der Waals surface area (Å²) in [4.78, 5) is 23.8. The monoisotopic (exact) mass is 315 g/mol. The maximum atomic E-state index is 11.9. The van der Waals surface area contributed by atoms with Gasteiger partial charge in [0.2, 0.25) is 0 Å². The van der Waals surface area contributed by atoms with Crippen LogP contribution >= 0.6 is 23.2 Å². The SMILES string of the molecule is C/C(Cl)=C\C(Cl)=C/CNC=C1C(=O)CC(C)(C)CC1=O. The van der Waals surface area contributed by atoms with Gasteiger partial charge in [-0.25, -0.2) is 0 Å². The summed E-state index contributed by atoms with van der Waals surface area (Å²) >= 11 is 11.6. The molecule has 110 valence electrons. The lowest BCUT2D eigenvalue weighted by atomic mass is 9.74. The molecular weight excluding hydrogens is 297 g/mol. The number of carbonyl (C=O) groups is 2. The van der Waals surface area contributed by atoms with E-state index in [2.05, 4.69) is 5.32 Å². The van der Waals surface area contributed by atoms with Crippen LogP contribution in [-0.4, -0.2) is 18.1 Å². The number of rotatable bonds is 4. The van der Waals surface area contributed by atoms with Gasteiger partial charge in [-0.05, 0) is 24.5 Å². The molecule has 1 aliphatic carbocycles. The molecule has 20 heavy (non-hydrogen) atoms. The first-order valence-electron chi connectivity index (χ1n) is 6.41. The summed E-state index contributed by atoms with van der Waals surface area (Å²) in [6, 6.07) is 0. The molecule has 0 atom stereocenters. The topological polar surface area (TPSA) is 46.2 Å². The lowest BCUT2D eigenvalue weighted by Crippen LogP contribution is -2.32. The van der Waals surface area contributed by atoms with Gasteiger partial charge in [0.15, 0.2) is 11.6 Å². The van der Waals surface area contributed by atoms with Crippen molar-refractivity contribution in [2.45, 2.75) is 33.6 Å². The fourth-order valence-electron chi connectivity index (χ4n) is 2.01. The van der Waals surface area contributed by atoms with Gasteiger partial charge in [-0.15, -0.1) is 0 Å². The van der Waals surface area contributed by atoms with Gasteiger partial charge in [-0.3, -0.25) is 9.59 Å². The van der Waals surface area contributed by atoms with Crippen LogP contribution < -0.4 is 5.32 Å². The van der Waals surface area contributed by atoms with Crippen LogP contribution in [0.15, 0.2) is 34.0 Å². The number of halogens is 2. The Morgan fingerprint density at radius 1 is 1.25 bits per heavy atom. The summed E-state index contributed by atoms with van der Waals surface area (Å²) in [7, 11) is 0. The number of allylic oxidation sites excluding steroid dienone is 4. The lowest BCUT2D eigenvalue weighted by Gasteiger charge is -2.28. The van der Waals surface area contributed by atoms with E-state index in [0.29, 0.717) is 29.5 Å². The van der Waals surface area contributed by atoms with E-state index in [0.717, 1.165) is 0 Å². The molecule has 0 amide bonds. The van der Waals surface area contributed by atoms with Crippen LogP contribution in [0.1, 0.15) is 33.6 Å². The summed E-state index contributed by atoms with van der Waals surface area (Å²) < 4.78 is 0. The van der Waals surface area contributed by atoms with Crippen molar-refractivity contribution in [3.63, 3.8) is 0 Å². The van der Waals surface area contributed by atoms with E-state index in [4.69, 9.17) is 23.2 Å². The molecule has 0 unspecified atom stereocenters. The largest absolute Gasteiger partial charge is 0.387 e. The zero-order valence-electron chi connectivity index (χ0n) is 11.9. The molecule has 1 fully saturated rings. The molecule has 0 aromatic carbocycles. The molecule has 1 rings (SSSR count). The van der Waals surface area contributed by atoms with Gasteiger partial charge in [0.1, 0.15) is 0 Å². The number of ketones is 2. The Bertz CT molecular complexity index is 476. The van der Waals surface area contributed by atoms with Crippen molar-refractivity contribution >= 4 is 34.8 Å². The third-order valence-corrected chi connectivity index (χ3v) is 3.25. The highest BCUT2D eigenvalue weighted by atomic mass is 35.5. The molecular formula is C15H19Cl2NO2. The Balaban J connectivity index is 2.61. The first-order valence-corrected chi connectivity index (χ1v) is 7.16. The second kappa shape index (κ2) is 7.09. The normalized spacial score (nSPS) is 20.1. The van der Waals surface area contributed by atoms with Gasteiger partial charge in [0.05, 0.1) is 5.57 Å². The predicted octanol–water partition coefficient (Wildman–Crippen LogP) is 3.68. The first-order chi connectivity index (χ1) is 9.21. The minimum Gasteiger partial charge on any atom is -0.387 e. The third kappa shape index (κ3) is 5.51. The highest BCUT2D eigenvalue weighted by Gasteiger charge is 2.35. The Morgan fingerprint density at radius 3 is 2.30 bits per heavy atom. The molecule has 3 nitrogen and oxygen atoms in total. The van der Waals surface area contributed by atoms with Crippen LogP contribution in [0.5, 0.6) is 0 Å². The van der Waals surface area contributed by atoms with E-state index in [-0.39, 0.29) is 22.6 Å². The summed E-state index contributed by atoms with van der Waals surface area (Å²) in [6.07, 6.45) is 5.62. The number of carbonyl (C=O) groups excluding carboxylic acids is 2. The minimum atomic E-state index is -0.239. The molecule has 0 aromatic rings. The molecule has 1 aliphatic rings. The average Bonchev–Trinajstić information content (AvgIpc) is 2.24. The van der Waals surface area contributed by atoms with Crippen molar-refractivity contribution in [3.05, 3.63) is 34.0 Å². The summed E-state index contributed by atoms with van der Waals surface area (Å²) in [5.41, 5.74) is 0.00936. The van der Waals surface area contributed by atoms with Crippen LogP contribution in [0.25, 0.3) is 0 Å². The lowest BCUT2D eigenvalue weighted by molar-refractivity contribution is -0.127. The molecule has 1 saturated carbocycles. The molecule has 1 N–H and O–H groups in total. The quantitative estimate of drug-likeness (QED) is 0.372. The van der Waals surface area contributed by atoms with Gasteiger partial charge in [0, 0.05) is 35.7 Å². The van der Waals surface area contributed by atoms with E-state index in [1.54, 1.807) is 19.1 Å². The average molecular weight is 316 g/mol. The van der Waals surface area contributed by atoms with Crippen LogP contribution in [0.4, 0.5) is 0 Å². The fourth-order valence-corrected chi connectivity index (χ4v) is 2.42. The van der Waals surface area contributed by atoms with Crippen LogP contribution in [-0.2, 0) is 9.59 Å². The second-order valence-electron chi connectivity index (χ2n) is 5.65. The van der Waals surface area contributed by atoms with Crippen LogP contribution in [0, 0.1) is 5.41 Å². The Labute approximate surface area is 129 Å². The smallest absolute Gasteiger partial charge is 0.168 e. The standard InChI is InChI=1S/C15H19Cl2NO2/c1-10(16)6-11(17)4-5-18-9-12-13(19)7-15(2,3)8-14(12)20/h4,6,9,18H,5,7-8H2,1-3H3/b10-6+,11-4+. The van der Waals surface area contributed by atoms with Crippen molar-refractivity contribution in [1.82, 2.24) is 5.32 Å². The molecule has 0 radical (unpaired) electrons. The molecule has 5 heteroatoms. The molecule has 0 heterocycles. The number of hydrogen-bond acceptors (Lipinski definition) is 3. The maximum Gasteiger partial charge on any atom is 0.168 e. The van der Waals surface area contributed by atoms with Gasteiger partial charge >= 0.3 is 0 Å². The third-order valence-electron chi connectivity index (χ3n) is 2.88. The zero-order chi connectivity index (χ0) is 15.3. The Morgan fingerprint density at radius 2 is 1.80 bits per heavy atom. The predicted molar refractivity (Wildman–Crippen MR) is 82.7 cm³/mol. The van der Waals surface area contributed by atoms with Gasteiger partial charge in [0.25, 0.3) is 0 Å². The molecule has 0 saturated heterocycles. The number of hydrogen-bond donors (Lipinski definition) is 1. The summed E-state index contributed by atoms with van der Waals surface area (Å²) in [6.45, 7) is 6.01. The highest BCUT2D eigenvalue weighted by molar-refractivity contribution is 6.34. The van der Waals surface area contributed by atoms with Crippen molar-refractivity contribution in [2.75, 3.05) is 6.54 Å². The first kappa shape index (κ1) is 17.0. The number of Topliss-reactive ketones (excluding diaryl/α,β-unsaturated/α-hetero) is 2. The van der Waals surface area contributed by atoms with Gasteiger partial charge in [-0.1, -0.05) is 37.0 Å². The van der Waals surface area contributed by atoms with E-state index < -0.39 is 0 Å². The van der Waals surface area contributed by atoms with Crippen LogP contribution in [0.2, 0.25) is 0 Å². The van der Waals surface area contributed by atoms with Crippen molar-refractivity contribution < 1.29 is 9.59 Å². The zero-order valence-corrected chi connectivity index (χ0v) is 13.4. The van der Waals surface area contributed by atoms with Gasteiger partial charge in [-0.2, -0.15) is 0 Å². The Hall–Kier alpha value is -1.06. The van der Waals surface area contributed by atoms with Crippen molar-refractivity contribution in [3.8, 4) is 0 Å². The fraction of sp³-hybridized carbons (Fsp3) is 0.467.